The number of benzene rings is 1. The Bertz CT molecular complexity index is 956. The van der Waals surface area contributed by atoms with E-state index in [0.29, 0.717) is 20.8 Å². The van der Waals surface area contributed by atoms with Crippen molar-refractivity contribution in [2.75, 3.05) is 6.61 Å². The van der Waals surface area contributed by atoms with Crippen LogP contribution in [0, 0.1) is 0 Å². The van der Waals surface area contributed by atoms with E-state index < -0.39 is 55.5 Å². The van der Waals surface area contributed by atoms with E-state index in [-0.39, 0.29) is 5.02 Å². The molecule has 1 aromatic carbocycles. The van der Waals surface area contributed by atoms with Crippen LogP contribution in [-0.2, 0) is 19.1 Å². The summed E-state index contributed by atoms with van der Waals surface area (Å²) in [6, 6.07) is 1.73. The van der Waals surface area contributed by atoms with Crippen molar-refractivity contribution in [2.45, 2.75) is 37.0 Å². The van der Waals surface area contributed by atoms with Crippen LogP contribution in [0.4, 0.5) is 0 Å². The number of halogens is 3. The standard InChI is InChI=1S/C16H16BrCl2N3O7/c17-16-21-8-1-5(18)6(19)2-9(8)22(16)14-13(26)12(25)10(29-14)4-28-15(27)7(20)3-11(23)24/h1-2,7,10,12-14,25-26H,3-4,20H2,(H,23,24)/t7-,10+,12+,13+,14+/m0/s1. The normalized spacial score (nSPS) is 25.3. The first-order valence-electron chi connectivity index (χ1n) is 8.28. The van der Waals surface area contributed by atoms with E-state index in [1.807, 2.05) is 0 Å². The number of carbonyl (C=O) groups excluding carboxylic acids is 1. The molecule has 1 aliphatic heterocycles. The molecule has 10 nitrogen and oxygen atoms in total. The molecule has 1 aliphatic rings. The molecule has 0 radical (unpaired) electrons. The van der Waals surface area contributed by atoms with Gasteiger partial charge in [0.2, 0.25) is 0 Å². The summed E-state index contributed by atoms with van der Waals surface area (Å²) in [7, 11) is 0. The van der Waals surface area contributed by atoms with Crippen molar-refractivity contribution in [1.82, 2.24) is 9.55 Å². The van der Waals surface area contributed by atoms with E-state index in [4.69, 9.17) is 43.5 Å². The van der Waals surface area contributed by atoms with Gasteiger partial charge in [-0.1, -0.05) is 23.2 Å². The Labute approximate surface area is 182 Å². The lowest BCUT2D eigenvalue weighted by Gasteiger charge is -2.18. The van der Waals surface area contributed by atoms with Crippen LogP contribution in [0.25, 0.3) is 11.0 Å². The van der Waals surface area contributed by atoms with Crippen molar-refractivity contribution < 1.29 is 34.4 Å². The quantitative estimate of drug-likeness (QED) is 0.415. The lowest BCUT2D eigenvalue weighted by molar-refractivity contribution is -0.154. The summed E-state index contributed by atoms with van der Waals surface area (Å²) in [6.07, 6.45) is -5.53. The van der Waals surface area contributed by atoms with Crippen LogP contribution in [0.1, 0.15) is 12.6 Å². The summed E-state index contributed by atoms with van der Waals surface area (Å²) in [5, 5.41) is 30.0. The summed E-state index contributed by atoms with van der Waals surface area (Å²) in [6.45, 7) is -0.433. The highest BCUT2D eigenvalue weighted by Gasteiger charge is 2.45. The number of esters is 1. The number of carboxylic acids is 1. The highest BCUT2D eigenvalue weighted by molar-refractivity contribution is 9.10. The fourth-order valence-corrected chi connectivity index (χ4v) is 3.83. The number of ether oxygens (including phenoxy) is 2. The minimum atomic E-state index is -1.39. The molecule has 0 bridgehead atoms. The molecule has 5 N–H and O–H groups in total. The van der Waals surface area contributed by atoms with E-state index in [1.54, 1.807) is 6.07 Å². The molecule has 13 heteroatoms. The molecule has 2 aromatic rings. The average Bonchev–Trinajstić information content (AvgIpc) is 3.09. The van der Waals surface area contributed by atoms with E-state index in [0.717, 1.165) is 0 Å². The summed E-state index contributed by atoms with van der Waals surface area (Å²) in [4.78, 5) is 26.7. The Morgan fingerprint density at radius 1 is 1.31 bits per heavy atom. The molecule has 1 saturated heterocycles. The molecule has 158 valence electrons. The number of hydrogen-bond donors (Lipinski definition) is 4. The van der Waals surface area contributed by atoms with Gasteiger partial charge >= 0.3 is 11.9 Å². The number of aliphatic hydroxyl groups is 2. The third-order valence-corrected chi connectivity index (χ3v) is 5.65. The number of carbonyl (C=O) groups is 2. The summed E-state index contributed by atoms with van der Waals surface area (Å²) < 4.78 is 12.4. The van der Waals surface area contributed by atoms with Crippen LogP contribution in [0.2, 0.25) is 10.0 Å². The van der Waals surface area contributed by atoms with Crippen molar-refractivity contribution in [2.24, 2.45) is 5.73 Å². The number of carboxylic acid groups (broad SMARTS) is 1. The second-order valence-electron chi connectivity index (χ2n) is 6.39. The van der Waals surface area contributed by atoms with Gasteiger partial charge in [-0.15, -0.1) is 0 Å². The SMILES string of the molecule is N[C@@H](CC(=O)O)C(=O)OC[C@H]1O[C@@H](n2c(Br)nc3cc(Cl)c(Cl)cc32)[C@H](O)[C@@H]1O. The Hall–Kier alpha value is -1.47. The second-order valence-corrected chi connectivity index (χ2v) is 7.91. The predicted octanol–water partition coefficient (Wildman–Crippen LogP) is 1.07. The fourth-order valence-electron chi connectivity index (χ4n) is 2.93. The zero-order valence-corrected chi connectivity index (χ0v) is 17.6. The van der Waals surface area contributed by atoms with Crippen LogP contribution < -0.4 is 5.73 Å². The van der Waals surface area contributed by atoms with Crippen molar-refractivity contribution in [3.05, 3.63) is 26.9 Å². The van der Waals surface area contributed by atoms with Crippen molar-refractivity contribution >= 4 is 62.1 Å². The lowest BCUT2D eigenvalue weighted by atomic mass is 10.1. The van der Waals surface area contributed by atoms with Gasteiger partial charge in [-0.05, 0) is 28.1 Å². The highest BCUT2D eigenvalue weighted by atomic mass is 79.9. The number of nitrogens with zero attached hydrogens (tertiary/aromatic N) is 2. The molecule has 0 aliphatic carbocycles. The molecular weight excluding hydrogens is 497 g/mol. The maximum Gasteiger partial charge on any atom is 0.323 e. The van der Waals surface area contributed by atoms with E-state index >= 15 is 0 Å². The number of rotatable bonds is 6. The Morgan fingerprint density at radius 2 is 1.97 bits per heavy atom. The molecule has 0 saturated carbocycles. The van der Waals surface area contributed by atoms with Gasteiger partial charge < -0.3 is 30.5 Å². The smallest absolute Gasteiger partial charge is 0.323 e. The second kappa shape index (κ2) is 8.72. The molecule has 3 rings (SSSR count). The van der Waals surface area contributed by atoms with Crippen LogP contribution in [0.15, 0.2) is 16.9 Å². The van der Waals surface area contributed by atoms with Gasteiger partial charge in [0.25, 0.3) is 0 Å². The summed E-state index contributed by atoms with van der Waals surface area (Å²) >= 11 is 15.3. The molecule has 0 unspecified atom stereocenters. The Kier molecular flexibility index (Phi) is 6.68. The van der Waals surface area contributed by atoms with Gasteiger partial charge in [0.05, 0.1) is 27.5 Å². The van der Waals surface area contributed by atoms with Crippen LogP contribution in [0.5, 0.6) is 0 Å². The molecule has 0 amide bonds. The molecule has 29 heavy (non-hydrogen) atoms. The van der Waals surface area contributed by atoms with Crippen LogP contribution in [-0.4, -0.2) is 67.8 Å². The monoisotopic (exact) mass is 511 g/mol. The number of hydrogen-bond acceptors (Lipinski definition) is 8. The zero-order valence-electron chi connectivity index (χ0n) is 14.5. The molecule has 0 spiro atoms. The topological polar surface area (TPSA) is 157 Å². The van der Waals surface area contributed by atoms with Crippen molar-refractivity contribution in [3.8, 4) is 0 Å². The van der Waals surface area contributed by atoms with Gasteiger partial charge in [0.15, 0.2) is 11.0 Å². The number of aromatic nitrogens is 2. The van der Waals surface area contributed by atoms with E-state index in [2.05, 4.69) is 20.9 Å². The fraction of sp³-hybridized carbons (Fsp3) is 0.438. The third-order valence-electron chi connectivity index (χ3n) is 4.37. The summed E-state index contributed by atoms with van der Waals surface area (Å²) in [5.74, 6) is -2.21. The highest BCUT2D eigenvalue weighted by Crippen LogP contribution is 2.37. The first kappa shape index (κ1) is 22.2. The van der Waals surface area contributed by atoms with Gasteiger partial charge in [0.1, 0.15) is 31.0 Å². The van der Waals surface area contributed by atoms with Crippen molar-refractivity contribution in [1.29, 1.82) is 0 Å². The Morgan fingerprint density at radius 3 is 2.62 bits per heavy atom. The number of aliphatic carboxylic acids is 1. The number of aliphatic hydroxyl groups excluding tert-OH is 2. The number of fused-ring (bicyclic) bond motifs is 1. The average molecular weight is 513 g/mol. The van der Waals surface area contributed by atoms with Gasteiger partial charge in [0, 0.05) is 0 Å². The Balaban J connectivity index is 1.77. The first-order chi connectivity index (χ1) is 13.6. The maximum absolute atomic E-state index is 11.8. The minimum Gasteiger partial charge on any atom is -0.481 e. The largest absolute Gasteiger partial charge is 0.481 e. The predicted molar refractivity (Wildman–Crippen MR) is 105 cm³/mol. The molecule has 1 fully saturated rings. The number of imidazole rings is 1. The molecule has 2 heterocycles. The van der Waals surface area contributed by atoms with Gasteiger partial charge in [-0.3, -0.25) is 14.2 Å². The lowest BCUT2D eigenvalue weighted by Crippen LogP contribution is -2.38. The van der Waals surface area contributed by atoms with Crippen LogP contribution in [0.3, 0.4) is 0 Å². The maximum atomic E-state index is 11.8. The number of nitrogens with two attached hydrogens (primary N) is 1. The molecular formula is C16H16BrCl2N3O7. The van der Waals surface area contributed by atoms with Gasteiger partial charge in [-0.25, -0.2) is 4.98 Å². The summed E-state index contributed by atoms with van der Waals surface area (Å²) in [5.41, 5.74) is 6.40. The third kappa shape index (κ3) is 4.50. The zero-order chi connectivity index (χ0) is 21.5. The van der Waals surface area contributed by atoms with E-state index in [1.165, 1.54) is 10.6 Å². The van der Waals surface area contributed by atoms with Crippen LogP contribution >= 0.6 is 39.1 Å². The first-order valence-corrected chi connectivity index (χ1v) is 9.83. The van der Waals surface area contributed by atoms with Crippen molar-refractivity contribution in [3.63, 3.8) is 0 Å². The molecule has 1 aromatic heterocycles. The minimum absolute atomic E-state index is 0.263. The molecule has 5 atom stereocenters. The van der Waals surface area contributed by atoms with E-state index in [9.17, 15) is 19.8 Å². The van der Waals surface area contributed by atoms with Gasteiger partial charge in [-0.2, -0.15) is 0 Å².